The number of carbonyl (C=O) groups is 2. The molecule has 1 aromatic rings. The summed E-state index contributed by atoms with van der Waals surface area (Å²) in [6.07, 6.45) is 3.82. The van der Waals surface area contributed by atoms with Crippen LogP contribution in [0, 0.1) is 11.8 Å². The Hall–Kier alpha value is -2.35. The van der Waals surface area contributed by atoms with E-state index in [2.05, 4.69) is 6.58 Å². The number of fused-ring (bicyclic) bond motifs is 1. The lowest BCUT2D eigenvalue weighted by Gasteiger charge is -2.19. The molecule has 0 bridgehead atoms. The number of sulfonamides is 1. The summed E-state index contributed by atoms with van der Waals surface area (Å²) in [6.45, 7) is 4.12. The molecule has 1 saturated carbocycles. The van der Waals surface area contributed by atoms with Crippen molar-refractivity contribution in [3.05, 3.63) is 53.6 Å². The molecule has 1 fully saturated rings. The molecule has 2 atom stereocenters. The van der Waals surface area contributed by atoms with Crippen molar-refractivity contribution in [2.75, 3.05) is 0 Å². The molecule has 27 heavy (non-hydrogen) atoms. The van der Waals surface area contributed by atoms with E-state index in [9.17, 15) is 26.8 Å². The van der Waals surface area contributed by atoms with Gasteiger partial charge in [-0.3, -0.25) is 9.59 Å². The smallest absolute Gasteiger partial charge is 0.288 e. The highest BCUT2D eigenvalue weighted by molar-refractivity contribution is 7.90. The highest BCUT2D eigenvalue weighted by atomic mass is 32.2. The van der Waals surface area contributed by atoms with Gasteiger partial charge in [-0.05, 0) is 42.0 Å². The van der Waals surface area contributed by atoms with Crippen LogP contribution in [-0.4, -0.2) is 26.0 Å². The molecule has 1 N–H and O–H groups in total. The standard InChI is InChI=1S/C19H19F2NO4S/c1-3-11-10-16(11)18(24)22-27(25,26)15-7-6-12-4-5-13(8-14(12)9-15)17(23)19(2,20)21/h3,5-7,9,11,16H,1,4,8,10H2,2H3,(H,22,24)/t11?,16-/m0/s1. The van der Waals surface area contributed by atoms with Crippen LogP contribution in [0.15, 0.2) is 47.4 Å². The number of allylic oxidation sites excluding steroid dienone is 3. The molecule has 144 valence electrons. The summed E-state index contributed by atoms with van der Waals surface area (Å²) in [4.78, 5) is 23.7. The summed E-state index contributed by atoms with van der Waals surface area (Å²) < 4.78 is 53.6. The third-order valence-electron chi connectivity index (χ3n) is 4.84. The zero-order valence-electron chi connectivity index (χ0n) is 14.7. The van der Waals surface area contributed by atoms with E-state index in [1.54, 1.807) is 12.1 Å². The molecule has 3 rings (SSSR count). The van der Waals surface area contributed by atoms with E-state index < -0.39 is 33.6 Å². The SMILES string of the molecule is C=CC1C[C@@H]1C(=O)NS(=O)(=O)c1ccc2c(c1)CC(C(=O)C(C)(F)F)=CC2. The van der Waals surface area contributed by atoms with Crippen molar-refractivity contribution in [1.29, 1.82) is 0 Å². The second-order valence-corrected chi connectivity index (χ2v) is 8.65. The monoisotopic (exact) mass is 395 g/mol. The zero-order chi connectivity index (χ0) is 20.0. The number of halogens is 2. The van der Waals surface area contributed by atoms with E-state index in [-0.39, 0.29) is 29.2 Å². The van der Waals surface area contributed by atoms with Gasteiger partial charge in [0.15, 0.2) is 0 Å². The number of alkyl halides is 2. The van der Waals surface area contributed by atoms with Gasteiger partial charge in [0.05, 0.1) is 4.90 Å². The number of hydrogen-bond donors (Lipinski definition) is 1. The molecule has 5 nitrogen and oxygen atoms in total. The molecule has 0 aliphatic heterocycles. The third-order valence-corrected chi connectivity index (χ3v) is 6.19. The van der Waals surface area contributed by atoms with Gasteiger partial charge in [-0.15, -0.1) is 6.58 Å². The van der Waals surface area contributed by atoms with Gasteiger partial charge in [-0.1, -0.05) is 18.2 Å². The molecule has 2 aliphatic carbocycles. The highest BCUT2D eigenvalue weighted by Crippen LogP contribution is 2.39. The van der Waals surface area contributed by atoms with Crippen LogP contribution in [0.5, 0.6) is 0 Å². The minimum absolute atomic E-state index is 0.0156. The number of rotatable bonds is 6. The number of amides is 1. The normalized spacial score (nSPS) is 21.7. The van der Waals surface area contributed by atoms with Gasteiger partial charge in [0.25, 0.3) is 10.0 Å². The number of nitrogens with one attached hydrogen (secondary N) is 1. The third kappa shape index (κ3) is 4.00. The van der Waals surface area contributed by atoms with Crippen LogP contribution in [0.25, 0.3) is 0 Å². The Labute approximate surface area is 156 Å². The molecule has 0 radical (unpaired) electrons. The van der Waals surface area contributed by atoms with Gasteiger partial charge in [-0.2, -0.15) is 8.78 Å². The summed E-state index contributed by atoms with van der Waals surface area (Å²) in [7, 11) is -4.08. The van der Waals surface area contributed by atoms with Gasteiger partial charge in [-0.25, -0.2) is 13.1 Å². The highest BCUT2D eigenvalue weighted by Gasteiger charge is 2.42. The first-order valence-corrected chi connectivity index (χ1v) is 9.94. The molecule has 0 spiro atoms. The van der Waals surface area contributed by atoms with Crippen LogP contribution < -0.4 is 4.72 Å². The first-order valence-electron chi connectivity index (χ1n) is 8.45. The Balaban J connectivity index is 1.80. The molecule has 0 aromatic heterocycles. The number of hydrogen-bond acceptors (Lipinski definition) is 4. The molecular weight excluding hydrogens is 376 g/mol. The van der Waals surface area contributed by atoms with Gasteiger partial charge >= 0.3 is 5.92 Å². The molecule has 1 amide bonds. The van der Waals surface area contributed by atoms with Crippen LogP contribution in [0.3, 0.4) is 0 Å². The fraction of sp³-hybridized carbons (Fsp3) is 0.368. The first kappa shape index (κ1) is 19.4. The summed E-state index contributed by atoms with van der Waals surface area (Å²) in [6, 6.07) is 4.26. The zero-order valence-corrected chi connectivity index (χ0v) is 15.5. The Morgan fingerprint density at radius 2 is 2.00 bits per heavy atom. The van der Waals surface area contributed by atoms with E-state index in [0.29, 0.717) is 18.9 Å². The summed E-state index contributed by atoms with van der Waals surface area (Å²) in [5.74, 6) is -5.74. The molecule has 1 aromatic carbocycles. The van der Waals surface area contributed by atoms with Crippen LogP contribution in [-0.2, 0) is 32.5 Å². The fourth-order valence-corrected chi connectivity index (χ4v) is 4.22. The Bertz CT molecular complexity index is 960. The summed E-state index contributed by atoms with van der Waals surface area (Å²) in [5.41, 5.74) is 1.20. The number of carbonyl (C=O) groups excluding carboxylic acids is 2. The second-order valence-electron chi connectivity index (χ2n) is 6.97. The number of Topliss-reactive ketones (excluding diaryl/α,β-unsaturated/α-hetero) is 1. The van der Waals surface area contributed by atoms with Crippen molar-refractivity contribution in [2.24, 2.45) is 11.8 Å². The molecule has 0 saturated heterocycles. The van der Waals surface area contributed by atoms with Gasteiger partial charge in [0.1, 0.15) is 0 Å². The lowest BCUT2D eigenvalue weighted by molar-refractivity contribution is -0.136. The van der Waals surface area contributed by atoms with Gasteiger partial charge in [0.2, 0.25) is 11.7 Å². The number of ketones is 1. The van der Waals surface area contributed by atoms with Crippen molar-refractivity contribution < 1.29 is 26.8 Å². The van der Waals surface area contributed by atoms with Crippen molar-refractivity contribution in [3.63, 3.8) is 0 Å². The van der Waals surface area contributed by atoms with E-state index >= 15 is 0 Å². The maximum atomic E-state index is 13.3. The Kier molecular flexibility index (Phi) is 4.80. The van der Waals surface area contributed by atoms with Gasteiger partial charge < -0.3 is 0 Å². The van der Waals surface area contributed by atoms with Crippen LogP contribution in [0.2, 0.25) is 0 Å². The van der Waals surface area contributed by atoms with Crippen molar-refractivity contribution in [1.82, 2.24) is 4.72 Å². The first-order chi connectivity index (χ1) is 12.5. The van der Waals surface area contributed by atoms with E-state index in [1.165, 1.54) is 18.2 Å². The van der Waals surface area contributed by atoms with Crippen LogP contribution in [0.4, 0.5) is 8.78 Å². The Morgan fingerprint density at radius 3 is 2.59 bits per heavy atom. The molecule has 2 aliphatic rings. The maximum absolute atomic E-state index is 13.3. The average Bonchev–Trinajstić information content (AvgIpc) is 3.39. The quantitative estimate of drug-likeness (QED) is 0.751. The number of benzene rings is 1. The molecule has 8 heteroatoms. The molecule has 0 heterocycles. The van der Waals surface area contributed by atoms with E-state index in [1.807, 2.05) is 4.72 Å². The predicted molar refractivity (Wildman–Crippen MR) is 94.7 cm³/mol. The van der Waals surface area contributed by atoms with Crippen molar-refractivity contribution in [3.8, 4) is 0 Å². The van der Waals surface area contributed by atoms with E-state index in [0.717, 1.165) is 5.56 Å². The van der Waals surface area contributed by atoms with Crippen molar-refractivity contribution >= 4 is 21.7 Å². The Morgan fingerprint density at radius 1 is 1.30 bits per heavy atom. The fourth-order valence-electron chi connectivity index (χ4n) is 3.14. The predicted octanol–water partition coefficient (Wildman–Crippen LogP) is 2.56. The summed E-state index contributed by atoms with van der Waals surface area (Å²) >= 11 is 0. The average molecular weight is 395 g/mol. The summed E-state index contributed by atoms with van der Waals surface area (Å²) in [5, 5.41) is 0. The minimum Gasteiger partial charge on any atom is -0.288 e. The van der Waals surface area contributed by atoms with Crippen LogP contribution in [0.1, 0.15) is 24.5 Å². The maximum Gasteiger partial charge on any atom is 0.306 e. The minimum atomic E-state index is -4.08. The molecular formula is C19H19F2NO4S. The second kappa shape index (κ2) is 6.67. The molecule has 1 unspecified atom stereocenters. The topological polar surface area (TPSA) is 80.3 Å². The van der Waals surface area contributed by atoms with E-state index in [4.69, 9.17) is 0 Å². The van der Waals surface area contributed by atoms with Crippen LogP contribution >= 0.6 is 0 Å². The lowest BCUT2D eigenvalue weighted by Crippen LogP contribution is -2.32. The lowest BCUT2D eigenvalue weighted by atomic mass is 9.88. The van der Waals surface area contributed by atoms with Crippen molar-refractivity contribution in [2.45, 2.75) is 37.0 Å². The van der Waals surface area contributed by atoms with Gasteiger partial charge in [0, 0.05) is 24.8 Å². The largest absolute Gasteiger partial charge is 0.306 e.